The topological polar surface area (TPSA) is 89.5 Å². The van der Waals surface area contributed by atoms with E-state index in [1.54, 1.807) is 0 Å². The lowest BCUT2D eigenvalue weighted by atomic mass is 9.98. The zero-order chi connectivity index (χ0) is 41.1. The van der Waals surface area contributed by atoms with Gasteiger partial charge in [0.15, 0.2) is 12.2 Å². The van der Waals surface area contributed by atoms with Gasteiger partial charge in [-0.05, 0) is 80.1 Å². The summed E-state index contributed by atoms with van der Waals surface area (Å²) in [5.74, 6) is 2.23. The van der Waals surface area contributed by atoms with E-state index in [0.29, 0.717) is 35.8 Å². The molecule has 0 N–H and O–H groups in total. The van der Waals surface area contributed by atoms with Crippen molar-refractivity contribution in [1.82, 2.24) is 0 Å². The summed E-state index contributed by atoms with van der Waals surface area (Å²) in [6.07, 6.45) is 8.13. The Hall–Kier alpha value is -5.24. The molecule has 0 heterocycles. The van der Waals surface area contributed by atoms with Crippen LogP contribution in [0.25, 0.3) is 21.5 Å². The number of ether oxygens (including phenoxy) is 6. The van der Waals surface area contributed by atoms with Gasteiger partial charge in [0, 0.05) is 34.4 Å². The summed E-state index contributed by atoms with van der Waals surface area (Å²) in [6.45, 7) is 10.9. The zero-order valence-electron chi connectivity index (χ0n) is 35.2. The molecule has 0 aliphatic carbocycles. The van der Waals surface area contributed by atoms with Gasteiger partial charge in [0.25, 0.3) is 0 Å². The van der Waals surface area contributed by atoms with Crippen molar-refractivity contribution in [3.8, 4) is 23.0 Å². The Bertz CT molecular complexity index is 2060. The number of rotatable bonds is 25. The molecule has 5 aromatic carbocycles. The monoisotopic (exact) mass is 790 g/mol. The molecule has 310 valence electrons. The number of aryl methyl sites for hydroxylation is 3. The minimum Gasteiger partial charge on any atom is -0.490 e. The first-order valence-corrected chi connectivity index (χ1v) is 21.3. The van der Waals surface area contributed by atoms with Crippen LogP contribution < -0.4 is 18.9 Å². The van der Waals surface area contributed by atoms with E-state index in [1.807, 2.05) is 86.6 Å². The molecule has 0 saturated heterocycles. The average molecular weight is 791 g/mol. The van der Waals surface area contributed by atoms with Crippen molar-refractivity contribution >= 4 is 33.5 Å². The molecule has 8 heteroatoms. The smallest absolute Gasteiger partial charge is 0.306 e. The molecule has 0 aliphatic heterocycles. The van der Waals surface area contributed by atoms with Crippen molar-refractivity contribution in [2.45, 2.75) is 117 Å². The average Bonchev–Trinajstić information content (AvgIpc) is 3.23. The fourth-order valence-electron chi connectivity index (χ4n) is 6.93. The first-order valence-electron chi connectivity index (χ1n) is 21.3. The number of carbonyl (C=O) groups is 2. The van der Waals surface area contributed by atoms with Crippen LogP contribution in [0.2, 0.25) is 0 Å². The van der Waals surface area contributed by atoms with E-state index in [-0.39, 0.29) is 38.4 Å². The van der Waals surface area contributed by atoms with Gasteiger partial charge in [0.05, 0.1) is 0 Å². The van der Waals surface area contributed by atoms with E-state index in [0.717, 1.165) is 96.0 Å². The molecule has 0 aliphatic rings. The van der Waals surface area contributed by atoms with Gasteiger partial charge in [-0.25, -0.2) is 0 Å². The largest absolute Gasteiger partial charge is 0.490 e. The van der Waals surface area contributed by atoms with Crippen molar-refractivity contribution in [3.05, 3.63) is 108 Å². The summed E-state index contributed by atoms with van der Waals surface area (Å²) >= 11 is 0. The molecule has 0 radical (unpaired) electrons. The van der Waals surface area contributed by atoms with Gasteiger partial charge < -0.3 is 28.4 Å². The maximum atomic E-state index is 13.1. The SMILES string of the molecule is CCCCCCC(=O)OC(COc1cccc(C)c1)COc1c2ccccc2c(OCC(COc2cccc(C)c2)OC(=O)CCCCCC)c2cc(CC)ccc12. The second-order valence-electron chi connectivity index (χ2n) is 15.2. The first kappa shape index (κ1) is 43.9. The second kappa shape index (κ2) is 23.2. The minimum atomic E-state index is -0.649. The highest BCUT2D eigenvalue weighted by molar-refractivity contribution is 6.11. The predicted molar refractivity (Wildman–Crippen MR) is 232 cm³/mol. The number of esters is 2. The number of hydrogen-bond donors (Lipinski definition) is 0. The number of benzene rings is 5. The Morgan fingerprint density at radius 1 is 0.483 bits per heavy atom. The molecule has 5 aromatic rings. The standard InChI is InChI=1S/C50H62O8/c1-6-9-11-13-25-47(51)57-41(32-53-39-21-17-19-36(4)29-39)34-55-49-43-23-15-16-24-44(43)50(46-31-38(8-3)27-28-45(46)49)56-35-42(58-48(52)26-14-12-10-7-2)33-54-40-22-18-20-37(5)30-40/h15-24,27-31,41-42H,6-14,25-26,32-35H2,1-5H3. The Kier molecular flexibility index (Phi) is 17.6. The highest BCUT2D eigenvalue weighted by Gasteiger charge is 2.23. The van der Waals surface area contributed by atoms with Crippen molar-refractivity contribution in [3.63, 3.8) is 0 Å². The molecule has 0 spiro atoms. The first-order chi connectivity index (χ1) is 28.3. The summed E-state index contributed by atoms with van der Waals surface area (Å²) in [5, 5.41) is 3.43. The van der Waals surface area contributed by atoms with Gasteiger partial charge in [-0.2, -0.15) is 0 Å². The fourth-order valence-corrected chi connectivity index (χ4v) is 6.93. The van der Waals surface area contributed by atoms with Crippen LogP contribution in [0, 0.1) is 13.8 Å². The van der Waals surface area contributed by atoms with E-state index >= 15 is 0 Å². The van der Waals surface area contributed by atoms with E-state index in [2.05, 4.69) is 39.0 Å². The predicted octanol–water partition coefficient (Wildman–Crippen LogP) is 11.9. The maximum absolute atomic E-state index is 13.1. The van der Waals surface area contributed by atoms with Crippen LogP contribution in [0.5, 0.6) is 23.0 Å². The van der Waals surface area contributed by atoms with E-state index in [9.17, 15) is 9.59 Å². The van der Waals surface area contributed by atoms with Crippen molar-refractivity contribution in [1.29, 1.82) is 0 Å². The minimum absolute atomic E-state index is 0.0912. The quantitative estimate of drug-likeness (QED) is 0.0328. The highest BCUT2D eigenvalue weighted by atomic mass is 16.6. The van der Waals surface area contributed by atoms with Crippen LogP contribution in [0.4, 0.5) is 0 Å². The number of carbonyl (C=O) groups excluding carboxylic acids is 2. The normalized spacial score (nSPS) is 12.2. The summed E-state index contributed by atoms with van der Waals surface area (Å²) < 4.78 is 37.8. The van der Waals surface area contributed by atoms with Gasteiger partial charge in [-0.1, -0.05) is 120 Å². The third-order valence-electron chi connectivity index (χ3n) is 10.1. The van der Waals surface area contributed by atoms with Gasteiger partial charge >= 0.3 is 11.9 Å². The molecule has 2 atom stereocenters. The molecule has 0 bridgehead atoms. The molecule has 0 aromatic heterocycles. The molecule has 2 unspecified atom stereocenters. The Morgan fingerprint density at radius 2 is 0.948 bits per heavy atom. The lowest BCUT2D eigenvalue weighted by Crippen LogP contribution is -2.31. The molecule has 0 amide bonds. The van der Waals surface area contributed by atoms with Crippen molar-refractivity contribution in [2.24, 2.45) is 0 Å². The molecule has 5 rings (SSSR count). The second-order valence-corrected chi connectivity index (χ2v) is 15.2. The van der Waals surface area contributed by atoms with Crippen LogP contribution >= 0.6 is 0 Å². The fraction of sp³-hybridized carbons (Fsp3) is 0.440. The Balaban J connectivity index is 1.42. The zero-order valence-corrected chi connectivity index (χ0v) is 35.2. The molecule has 0 fully saturated rings. The lowest BCUT2D eigenvalue weighted by molar-refractivity contribution is -0.153. The van der Waals surface area contributed by atoms with Crippen LogP contribution in [0.15, 0.2) is 91.0 Å². The van der Waals surface area contributed by atoms with Crippen molar-refractivity contribution < 1.29 is 38.0 Å². The number of fused-ring (bicyclic) bond motifs is 2. The third-order valence-corrected chi connectivity index (χ3v) is 10.1. The van der Waals surface area contributed by atoms with E-state index in [4.69, 9.17) is 28.4 Å². The van der Waals surface area contributed by atoms with Gasteiger partial charge in [0.1, 0.15) is 49.4 Å². The Morgan fingerprint density at radius 3 is 1.41 bits per heavy atom. The van der Waals surface area contributed by atoms with Crippen LogP contribution in [-0.2, 0) is 25.5 Å². The molecule has 0 saturated carbocycles. The summed E-state index contributed by atoms with van der Waals surface area (Å²) in [7, 11) is 0. The van der Waals surface area contributed by atoms with Crippen LogP contribution in [-0.4, -0.2) is 50.6 Å². The van der Waals surface area contributed by atoms with Crippen LogP contribution in [0.3, 0.4) is 0 Å². The highest BCUT2D eigenvalue weighted by Crippen LogP contribution is 2.43. The van der Waals surface area contributed by atoms with Gasteiger partial charge in [0.2, 0.25) is 0 Å². The van der Waals surface area contributed by atoms with Gasteiger partial charge in [-0.3, -0.25) is 9.59 Å². The van der Waals surface area contributed by atoms with Crippen LogP contribution in [0.1, 0.15) is 102 Å². The number of hydrogen-bond acceptors (Lipinski definition) is 8. The van der Waals surface area contributed by atoms with Gasteiger partial charge in [-0.15, -0.1) is 0 Å². The summed E-state index contributed by atoms with van der Waals surface area (Å²) in [4.78, 5) is 26.1. The Labute approximate surface area is 345 Å². The molecular formula is C50H62O8. The van der Waals surface area contributed by atoms with Crippen molar-refractivity contribution in [2.75, 3.05) is 26.4 Å². The van der Waals surface area contributed by atoms with E-state index < -0.39 is 12.2 Å². The molecular weight excluding hydrogens is 729 g/mol. The van der Waals surface area contributed by atoms with E-state index in [1.165, 1.54) is 0 Å². The molecule has 8 nitrogen and oxygen atoms in total. The lowest BCUT2D eigenvalue weighted by Gasteiger charge is -2.23. The third kappa shape index (κ3) is 13.4. The summed E-state index contributed by atoms with van der Waals surface area (Å²) in [6, 6.07) is 29.9. The molecule has 58 heavy (non-hydrogen) atoms. The number of unbranched alkanes of at least 4 members (excludes halogenated alkanes) is 6. The summed E-state index contributed by atoms with van der Waals surface area (Å²) in [5.41, 5.74) is 3.30. The maximum Gasteiger partial charge on any atom is 0.306 e.